The lowest BCUT2D eigenvalue weighted by Crippen LogP contribution is -2.35. The molecule has 0 aromatic rings. The molecular formula is C10H21NO. The van der Waals surface area contributed by atoms with Crippen molar-refractivity contribution < 1.29 is 5.11 Å². The molecule has 12 heavy (non-hydrogen) atoms. The summed E-state index contributed by atoms with van der Waals surface area (Å²) in [4.78, 5) is 0. The van der Waals surface area contributed by atoms with Crippen molar-refractivity contribution in [2.24, 2.45) is 11.1 Å². The first kappa shape index (κ1) is 10.0. The molecule has 0 bridgehead atoms. The summed E-state index contributed by atoms with van der Waals surface area (Å²) in [7, 11) is 0. The van der Waals surface area contributed by atoms with E-state index in [1.54, 1.807) is 0 Å². The van der Waals surface area contributed by atoms with Crippen LogP contribution >= 0.6 is 0 Å². The molecule has 0 aromatic heterocycles. The SMILES string of the molecule is CC(O)CC1(CN)CCCCC1. The van der Waals surface area contributed by atoms with Crippen molar-refractivity contribution in [1.29, 1.82) is 0 Å². The summed E-state index contributed by atoms with van der Waals surface area (Å²) < 4.78 is 0. The predicted octanol–water partition coefficient (Wildman–Crippen LogP) is 1.67. The molecule has 1 fully saturated rings. The lowest BCUT2D eigenvalue weighted by atomic mass is 9.71. The number of aliphatic hydroxyl groups excluding tert-OH is 1. The Balaban J connectivity index is 2.48. The molecule has 2 nitrogen and oxygen atoms in total. The third-order valence-corrected chi connectivity index (χ3v) is 3.08. The van der Waals surface area contributed by atoms with Crippen molar-refractivity contribution in [3.63, 3.8) is 0 Å². The Labute approximate surface area is 75.2 Å². The minimum atomic E-state index is -0.188. The quantitative estimate of drug-likeness (QED) is 0.678. The minimum Gasteiger partial charge on any atom is -0.393 e. The van der Waals surface area contributed by atoms with Crippen LogP contribution < -0.4 is 5.73 Å². The highest BCUT2D eigenvalue weighted by Crippen LogP contribution is 2.39. The number of hydrogen-bond donors (Lipinski definition) is 2. The monoisotopic (exact) mass is 171 g/mol. The van der Waals surface area contributed by atoms with Gasteiger partial charge in [0.2, 0.25) is 0 Å². The fraction of sp³-hybridized carbons (Fsp3) is 1.00. The van der Waals surface area contributed by atoms with Gasteiger partial charge in [-0.2, -0.15) is 0 Å². The van der Waals surface area contributed by atoms with Gasteiger partial charge in [-0.15, -0.1) is 0 Å². The maximum Gasteiger partial charge on any atom is 0.0517 e. The molecule has 1 atom stereocenters. The fourth-order valence-corrected chi connectivity index (χ4v) is 2.42. The van der Waals surface area contributed by atoms with Gasteiger partial charge in [0.25, 0.3) is 0 Å². The second kappa shape index (κ2) is 4.24. The van der Waals surface area contributed by atoms with E-state index in [4.69, 9.17) is 5.73 Å². The summed E-state index contributed by atoms with van der Waals surface area (Å²) in [5, 5.41) is 9.35. The second-order valence-electron chi connectivity index (χ2n) is 4.32. The van der Waals surface area contributed by atoms with Crippen LogP contribution in [-0.4, -0.2) is 17.8 Å². The van der Waals surface area contributed by atoms with E-state index in [-0.39, 0.29) is 11.5 Å². The van der Waals surface area contributed by atoms with Crippen LogP contribution in [0.15, 0.2) is 0 Å². The van der Waals surface area contributed by atoms with Crippen LogP contribution in [0, 0.1) is 5.41 Å². The van der Waals surface area contributed by atoms with Gasteiger partial charge in [-0.1, -0.05) is 19.3 Å². The van der Waals surface area contributed by atoms with Crippen LogP contribution in [0.5, 0.6) is 0 Å². The Hall–Kier alpha value is -0.0800. The van der Waals surface area contributed by atoms with E-state index in [1.165, 1.54) is 32.1 Å². The zero-order valence-electron chi connectivity index (χ0n) is 8.05. The van der Waals surface area contributed by atoms with Crippen molar-refractivity contribution in [2.45, 2.75) is 51.6 Å². The van der Waals surface area contributed by atoms with Gasteiger partial charge in [0.1, 0.15) is 0 Å². The van der Waals surface area contributed by atoms with E-state index >= 15 is 0 Å². The Kier molecular flexibility index (Phi) is 3.53. The number of hydrogen-bond acceptors (Lipinski definition) is 2. The second-order valence-corrected chi connectivity index (χ2v) is 4.32. The Morgan fingerprint density at radius 1 is 1.33 bits per heavy atom. The zero-order valence-corrected chi connectivity index (χ0v) is 8.05. The molecule has 3 N–H and O–H groups in total. The molecule has 0 saturated heterocycles. The van der Waals surface area contributed by atoms with E-state index in [0.29, 0.717) is 0 Å². The van der Waals surface area contributed by atoms with Gasteiger partial charge in [0.15, 0.2) is 0 Å². The fourth-order valence-electron chi connectivity index (χ4n) is 2.42. The van der Waals surface area contributed by atoms with Gasteiger partial charge < -0.3 is 10.8 Å². The van der Waals surface area contributed by atoms with E-state index in [1.807, 2.05) is 6.92 Å². The summed E-state index contributed by atoms with van der Waals surface area (Å²) in [6.45, 7) is 2.61. The number of nitrogens with two attached hydrogens (primary N) is 1. The molecule has 0 heterocycles. The van der Waals surface area contributed by atoms with E-state index in [9.17, 15) is 5.11 Å². The topological polar surface area (TPSA) is 46.2 Å². The molecule has 1 aliphatic rings. The summed E-state index contributed by atoms with van der Waals surface area (Å²) >= 11 is 0. The lowest BCUT2D eigenvalue weighted by molar-refractivity contribution is 0.0857. The van der Waals surface area contributed by atoms with Gasteiger partial charge in [-0.3, -0.25) is 0 Å². The summed E-state index contributed by atoms with van der Waals surface area (Å²) in [5.74, 6) is 0. The first-order chi connectivity index (χ1) is 5.68. The standard InChI is InChI=1S/C10H21NO/c1-9(12)7-10(8-11)5-3-2-4-6-10/h9,12H,2-8,11H2,1H3. The summed E-state index contributed by atoms with van der Waals surface area (Å²) in [6, 6.07) is 0. The molecule has 1 rings (SSSR count). The molecule has 0 aromatic carbocycles. The van der Waals surface area contributed by atoms with Gasteiger partial charge in [0.05, 0.1) is 6.10 Å². The lowest BCUT2D eigenvalue weighted by Gasteiger charge is -2.37. The number of aliphatic hydroxyl groups is 1. The van der Waals surface area contributed by atoms with Crippen LogP contribution in [0.2, 0.25) is 0 Å². The Morgan fingerprint density at radius 3 is 2.33 bits per heavy atom. The smallest absolute Gasteiger partial charge is 0.0517 e. The normalized spacial score (nSPS) is 25.2. The highest BCUT2D eigenvalue weighted by atomic mass is 16.3. The molecule has 0 spiro atoms. The molecular weight excluding hydrogens is 150 g/mol. The third-order valence-electron chi connectivity index (χ3n) is 3.08. The molecule has 0 radical (unpaired) electrons. The highest BCUT2D eigenvalue weighted by Gasteiger charge is 2.31. The minimum absolute atomic E-state index is 0.188. The van der Waals surface area contributed by atoms with Gasteiger partial charge in [-0.25, -0.2) is 0 Å². The van der Waals surface area contributed by atoms with E-state index in [2.05, 4.69) is 0 Å². The van der Waals surface area contributed by atoms with Crippen LogP contribution in [0.1, 0.15) is 45.4 Å². The molecule has 0 amide bonds. The van der Waals surface area contributed by atoms with Gasteiger partial charge >= 0.3 is 0 Å². The Morgan fingerprint density at radius 2 is 1.92 bits per heavy atom. The van der Waals surface area contributed by atoms with Crippen molar-refractivity contribution in [1.82, 2.24) is 0 Å². The van der Waals surface area contributed by atoms with Crippen molar-refractivity contribution in [3.05, 3.63) is 0 Å². The maximum absolute atomic E-state index is 9.35. The van der Waals surface area contributed by atoms with Crippen LogP contribution in [0.4, 0.5) is 0 Å². The maximum atomic E-state index is 9.35. The summed E-state index contributed by atoms with van der Waals surface area (Å²) in [5.41, 5.74) is 6.05. The zero-order chi connectivity index (χ0) is 9.03. The first-order valence-electron chi connectivity index (χ1n) is 5.07. The first-order valence-corrected chi connectivity index (χ1v) is 5.07. The Bertz CT molecular complexity index is 128. The predicted molar refractivity (Wildman–Crippen MR) is 50.9 cm³/mol. The van der Waals surface area contributed by atoms with Gasteiger partial charge in [0, 0.05) is 0 Å². The summed E-state index contributed by atoms with van der Waals surface area (Å²) in [6.07, 6.45) is 7.08. The van der Waals surface area contributed by atoms with Gasteiger partial charge in [-0.05, 0) is 38.1 Å². The molecule has 2 heteroatoms. The third kappa shape index (κ3) is 2.46. The van der Waals surface area contributed by atoms with Crippen molar-refractivity contribution in [2.75, 3.05) is 6.54 Å². The van der Waals surface area contributed by atoms with E-state index < -0.39 is 0 Å². The van der Waals surface area contributed by atoms with Crippen LogP contribution in [0.3, 0.4) is 0 Å². The number of rotatable bonds is 3. The van der Waals surface area contributed by atoms with E-state index in [0.717, 1.165) is 13.0 Å². The molecule has 1 unspecified atom stereocenters. The average Bonchev–Trinajstić information content (AvgIpc) is 2.05. The highest BCUT2D eigenvalue weighted by molar-refractivity contribution is 4.84. The molecule has 0 aliphatic heterocycles. The molecule has 72 valence electrons. The van der Waals surface area contributed by atoms with Crippen molar-refractivity contribution >= 4 is 0 Å². The van der Waals surface area contributed by atoms with Crippen LogP contribution in [0.25, 0.3) is 0 Å². The molecule has 1 aliphatic carbocycles. The van der Waals surface area contributed by atoms with Crippen molar-refractivity contribution in [3.8, 4) is 0 Å². The largest absolute Gasteiger partial charge is 0.393 e. The molecule has 1 saturated carbocycles. The average molecular weight is 171 g/mol. The van der Waals surface area contributed by atoms with Crippen LogP contribution in [-0.2, 0) is 0 Å².